The number of aryl methyl sites for hydroxylation is 2. The standard InChI is InChI=1S/C15H17F3N6O/c1-10-20-12(15(16,17)18)7-13(21-10)23-3-5-24(6-4-23)14(25)11-8-19-9-22(11)2/h7-9H,3-6H2,1-2H3. The van der Waals surface area contributed by atoms with E-state index in [2.05, 4.69) is 15.0 Å². The first kappa shape index (κ1) is 17.2. The average Bonchev–Trinajstić information content (AvgIpc) is 2.99. The zero-order valence-electron chi connectivity index (χ0n) is 13.8. The first-order valence-corrected chi connectivity index (χ1v) is 7.69. The molecule has 3 heterocycles. The van der Waals surface area contributed by atoms with Crippen LogP contribution in [0.4, 0.5) is 19.0 Å². The quantitative estimate of drug-likeness (QED) is 0.818. The largest absolute Gasteiger partial charge is 0.433 e. The van der Waals surface area contributed by atoms with E-state index in [0.717, 1.165) is 6.07 Å². The molecule has 1 saturated heterocycles. The number of aromatic nitrogens is 4. The van der Waals surface area contributed by atoms with Gasteiger partial charge in [-0.15, -0.1) is 0 Å². The molecular weight excluding hydrogens is 337 g/mol. The Morgan fingerprint density at radius 3 is 2.40 bits per heavy atom. The molecule has 0 radical (unpaired) electrons. The van der Waals surface area contributed by atoms with Gasteiger partial charge in [-0.2, -0.15) is 13.2 Å². The summed E-state index contributed by atoms with van der Waals surface area (Å²) in [4.78, 5) is 27.3. The monoisotopic (exact) mass is 354 g/mol. The first-order chi connectivity index (χ1) is 11.8. The zero-order chi connectivity index (χ0) is 18.2. The summed E-state index contributed by atoms with van der Waals surface area (Å²) in [5.41, 5.74) is -0.478. The van der Waals surface area contributed by atoms with E-state index in [1.807, 2.05) is 0 Å². The second-order valence-electron chi connectivity index (χ2n) is 5.83. The maximum absolute atomic E-state index is 12.9. The molecule has 134 valence electrons. The Kier molecular flexibility index (Phi) is 4.36. The number of anilines is 1. The number of halogens is 3. The van der Waals surface area contributed by atoms with Crippen molar-refractivity contribution < 1.29 is 18.0 Å². The zero-order valence-corrected chi connectivity index (χ0v) is 13.8. The minimum atomic E-state index is -4.51. The number of rotatable bonds is 2. The predicted molar refractivity (Wildman–Crippen MR) is 83.1 cm³/mol. The average molecular weight is 354 g/mol. The Morgan fingerprint density at radius 2 is 1.84 bits per heavy atom. The third-order valence-electron chi connectivity index (χ3n) is 4.04. The molecule has 1 aliphatic rings. The van der Waals surface area contributed by atoms with Gasteiger partial charge in [-0.3, -0.25) is 4.79 Å². The van der Waals surface area contributed by atoms with Crippen LogP contribution in [-0.4, -0.2) is 56.5 Å². The van der Waals surface area contributed by atoms with E-state index >= 15 is 0 Å². The first-order valence-electron chi connectivity index (χ1n) is 7.69. The summed E-state index contributed by atoms with van der Waals surface area (Å²) in [5, 5.41) is 0. The van der Waals surface area contributed by atoms with Crippen molar-refractivity contribution in [2.45, 2.75) is 13.1 Å². The maximum Gasteiger partial charge on any atom is 0.433 e. The number of carbonyl (C=O) groups is 1. The summed E-state index contributed by atoms with van der Waals surface area (Å²) in [6.45, 7) is 3.03. The normalized spacial score (nSPS) is 15.6. The molecule has 3 rings (SSSR count). The molecule has 2 aromatic heterocycles. The van der Waals surface area contributed by atoms with E-state index in [1.54, 1.807) is 27.7 Å². The Hall–Kier alpha value is -2.65. The molecule has 1 amide bonds. The van der Waals surface area contributed by atoms with Crippen molar-refractivity contribution in [2.24, 2.45) is 7.05 Å². The molecule has 0 N–H and O–H groups in total. The van der Waals surface area contributed by atoms with Gasteiger partial charge in [-0.1, -0.05) is 0 Å². The van der Waals surface area contributed by atoms with Gasteiger partial charge < -0.3 is 14.4 Å². The van der Waals surface area contributed by atoms with Crippen molar-refractivity contribution in [1.29, 1.82) is 0 Å². The van der Waals surface area contributed by atoms with Gasteiger partial charge in [0.1, 0.15) is 23.0 Å². The SMILES string of the molecule is Cc1nc(N2CCN(C(=O)c3cncn3C)CC2)cc(C(F)(F)F)n1. The fourth-order valence-electron chi connectivity index (χ4n) is 2.72. The summed E-state index contributed by atoms with van der Waals surface area (Å²) < 4.78 is 40.4. The maximum atomic E-state index is 12.9. The number of hydrogen-bond donors (Lipinski definition) is 0. The van der Waals surface area contributed by atoms with Crippen LogP contribution < -0.4 is 4.90 Å². The molecule has 0 spiro atoms. The van der Waals surface area contributed by atoms with E-state index in [9.17, 15) is 18.0 Å². The molecule has 1 aliphatic heterocycles. The third kappa shape index (κ3) is 3.57. The molecule has 1 fully saturated rings. The fourth-order valence-corrected chi connectivity index (χ4v) is 2.72. The molecule has 0 unspecified atom stereocenters. The van der Waals surface area contributed by atoms with E-state index in [-0.39, 0.29) is 17.5 Å². The highest BCUT2D eigenvalue weighted by Crippen LogP contribution is 2.30. The number of piperazine rings is 1. The van der Waals surface area contributed by atoms with Crippen LogP contribution >= 0.6 is 0 Å². The second-order valence-corrected chi connectivity index (χ2v) is 5.83. The van der Waals surface area contributed by atoms with Crippen LogP contribution in [0.25, 0.3) is 0 Å². The van der Waals surface area contributed by atoms with E-state index in [0.29, 0.717) is 31.9 Å². The van der Waals surface area contributed by atoms with Gasteiger partial charge in [0.25, 0.3) is 5.91 Å². The van der Waals surface area contributed by atoms with Gasteiger partial charge in [0.15, 0.2) is 0 Å². The summed E-state index contributed by atoms with van der Waals surface area (Å²) in [6, 6.07) is 0.950. The van der Waals surface area contributed by atoms with Crippen LogP contribution in [0, 0.1) is 6.92 Å². The number of carbonyl (C=O) groups excluding carboxylic acids is 1. The van der Waals surface area contributed by atoms with Crippen LogP contribution in [0.15, 0.2) is 18.6 Å². The summed E-state index contributed by atoms with van der Waals surface area (Å²) in [5.74, 6) is 0.153. The van der Waals surface area contributed by atoms with Crippen LogP contribution in [-0.2, 0) is 13.2 Å². The number of amides is 1. The predicted octanol–water partition coefficient (Wildman–Crippen LogP) is 1.50. The Bertz CT molecular complexity index is 780. The lowest BCUT2D eigenvalue weighted by molar-refractivity contribution is -0.141. The Morgan fingerprint density at radius 1 is 1.16 bits per heavy atom. The highest BCUT2D eigenvalue weighted by Gasteiger charge is 2.34. The van der Waals surface area contributed by atoms with Crippen molar-refractivity contribution in [2.75, 3.05) is 31.1 Å². The second kappa shape index (κ2) is 6.34. The Labute approximate surface area is 142 Å². The fraction of sp³-hybridized carbons (Fsp3) is 0.467. The molecular formula is C15H17F3N6O. The lowest BCUT2D eigenvalue weighted by Gasteiger charge is -2.35. The van der Waals surface area contributed by atoms with Crippen molar-refractivity contribution in [3.05, 3.63) is 35.8 Å². The number of alkyl halides is 3. The summed E-state index contributed by atoms with van der Waals surface area (Å²) in [6.07, 6.45) is -1.47. The van der Waals surface area contributed by atoms with Crippen molar-refractivity contribution in [3.63, 3.8) is 0 Å². The van der Waals surface area contributed by atoms with Crippen LogP contribution in [0.5, 0.6) is 0 Å². The molecule has 0 aliphatic carbocycles. The molecule has 2 aromatic rings. The van der Waals surface area contributed by atoms with Crippen LogP contribution in [0.2, 0.25) is 0 Å². The minimum absolute atomic E-state index is 0.0678. The van der Waals surface area contributed by atoms with Crippen LogP contribution in [0.1, 0.15) is 22.0 Å². The van der Waals surface area contributed by atoms with Gasteiger partial charge in [-0.25, -0.2) is 15.0 Å². The van der Waals surface area contributed by atoms with Crippen molar-refractivity contribution in [3.8, 4) is 0 Å². The lowest BCUT2D eigenvalue weighted by Crippen LogP contribution is -2.49. The van der Waals surface area contributed by atoms with Gasteiger partial charge in [0.2, 0.25) is 0 Å². The van der Waals surface area contributed by atoms with Crippen molar-refractivity contribution in [1.82, 2.24) is 24.4 Å². The molecule has 25 heavy (non-hydrogen) atoms. The van der Waals surface area contributed by atoms with E-state index < -0.39 is 11.9 Å². The van der Waals surface area contributed by atoms with Crippen LogP contribution in [0.3, 0.4) is 0 Å². The highest BCUT2D eigenvalue weighted by atomic mass is 19.4. The van der Waals surface area contributed by atoms with Gasteiger partial charge in [0, 0.05) is 39.3 Å². The smallest absolute Gasteiger partial charge is 0.353 e. The number of imidazole rings is 1. The highest BCUT2D eigenvalue weighted by molar-refractivity contribution is 5.92. The lowest BCUT2D eigenvalue weighted by atomic mass is 10.2. The number of hydrogen-bond acceptors (Lipinski definition) is 5. The molecule has 7 nitrogen and oxygen atoms in total. The summed E-state index contributed by atoms with van der Waals surface area (Å²) in [7, 11) is 1.73. The molecule has 0 aromatic carbocycles. The number of nitrogens with zero attached hydrogens (tertiary/aromatic N) is 6. The van der Waals surface area contributed by atoms with Gasteiger partial charge >= 0.3 is 6.18 Å². The topological polar surface area (TPSA) is 67.2 Å². The Balaban J connectivity index is 1.71. The summed E-state index contributed by atoms with van der Waals surface area (Å²) >= 11 is 0. The van der Waals surface area contributed by atoms with E-state index in [1.165, 1.54) is 13.1 Å². The van der Waals surface area contributed by atoms with Crippen molar-refractivity contribution >= 4 is 11.7 Å². The minimum Gasteiger partial charge on any atom is -0.353 e. The van der Waals surface area contributed by atoms with E-state index in [4.69, 9.17) is 0 Å². The third-order valence-corrected chi connectivity index (χ3v) is 4.04. The van der Waals surface area contributed by atoms with Gasteiger partial charge in [0.05, 0.1) is 12.5 Å². The molecule has 0 saturated carbocycles. The molecule has 0 bridgehead atoms. The molecule has 0 atom stereocenters. The van der Waals surface area contributed by atoms with Gasteiger partial charge in [-0.05, 0) is 6.92 Å². The molecule has 10 heteroatoms.